The number of rotatable bonds is 3. The van der Waals surface area contributed by atoms with E-state index in [4.69, 9.17) is 11.6 Å². The highest BCUT2D eigenvalue weighted by molar-refractivity contribution is 6.30. The monoisotopic (exact) mass is 391 g/mol. The molecule has 0 bridgehead atoms. The van der Waals surface area contributed by atoms with Gasteiger partial charge in [0.2, 0.25) is 5.91 Å². The number of nitrogens with zero attached hydrogens (tertiary/aromatic N) is 3. The molecule has 2 fully saturated rings. The Kier molecular flexibility index (Phi) is 6.77. The van der Waals surface area contributed by atoms with Crippen molar-refractivity contribution in [3.05, 3.63) is 34.9 Å². The van der Waals surface area contributed by atoms with Crippen LogP contribution in [0.1, 0.15) is 43.5 Å². The van der Waals surface area contributed by atoms with Crippen LogP contribution in [0, 0.1) is 5.92 Å². The van der Waals surface area contributed by atoms with Gasteiger partial charge in [-0.3, -0.25) is 14.5 Å². The van der Waals surface area contributed by atoms with E-state index in [1.54, 1.807) is 24.3 Å². The van der Waals surface area contributed by atoms with Crippen LogP contribution in [-0.4, -0.2) is 71.8 Å². The Morgan fingerprint density at radius 2 is 1.78 bits per heavy atom. The smallest absolute Gasteiger partial charge is 0.253 e. The first-order valence-corrected chi connectivity index (χ1v) is 10.4. The molecule has 5 nitrogen and oxygen atoms in total. The maximum atomic E-state index is 12.9. The maximum absolute atomic E-state index is 12.9. The molecule has 2 amide bonds. The zero-order valence-electron chi connectivity index (χ0n) is 16.4. The number of amides is 2. The van der Waals surface area contributed by atoms with E-state index < -0.39 is 0 Å². The van der Waals surface area contributed by atoms with Crippen molar-refractivity contribution in [2.75, 3.05) is 39.3 Å². The van der Waals surface area contributed by atoms with E-state index in [2.05, 4.69) is 11.8 Å². The lowest BCUT2D eigenvalue weighted by Crippen LogP contribution is -2.50. The van der Waals surface area contributed by atoms with Gasteiger partial charge in [0.25, 0.3) is 5.91 Å². The Hall–Kier alpha value is -1.59. The summed E-state index contributed by atoms with van der Waals surface area (Å²) in [7, 11) is 0. The van der Waals surface area contributed by atoms with Gasteiger partial charge in [0.05, 0.1) is 6.04 Å². The molecule has 2 aliphatic heterocycles. The van der Waals surface area contributed by atoms with Crippen LogP contribution in [0.3, 0.4) is 0 Å². The van der Waals surface area contributed by atoms with Gasteiger partial charge in [0, 0.05) is 49.9 Å². The summed E-state index contributed by atoms with van der Waals surface area (Å²) < 4.78 is 0. The van der Waals surface area contributed by atoms with Crippen LogP contribution in [-0.2, 0) is 4.79 Å². The van der Waals surface area contributed by atoms with Gasteiger partial charge in [-0.15, -0.1) is 0 Å². The molecular formula is C21H30ClN3O2. The van der Waals surface area contributed by atoms with Crippen LogP contribution in [0.25, 0.3) is 0 Å². The summed E-state index contributed by atoms with van der Waals surface area (Å²) in [6, 6.07) is 6.98. The summed E-state index contributed by atoms with van der Waals surface area (Å²) in [6.07, 6.45) is 3.07. The first-order chi connectivity index (χ1) is 13.0. The van der Waals surface area contributed by atoms with Crippen LogP contribution < -0.4 is 0 Å². The summed E-state index contributed by atoms with van der Waals surface area (Å²) in [4.78, 5) is 31.8. The number of piperidine rings is 1. The van der Waals surface area contributed by atoms with Crippen molar-refractivity contribution >= 4 is 23.4 Å². The summed E-state index contributed by atoms with van der Waals surface area (Å²) >= 11 is 6.02. The minimum absolute atomic E-state index is 0.0170. The van der Waals surface area contributed by atoms with Crippen molar-refractivity contribution in [3.8, 4) is 0 Å². The molecule has 0 aromatic heterocycles. The van der Waals surface area contributed by atoms with Gasteiger partial charge >= 0.3 is 0 Å². The highest BCUT2D eigenvalue weighted by Gasteiger charge is 2.30. The van der Waals surface area contributed by atoms with Crippen LogP contribution in [0.5, 0.6) is 0 Å². The second kappa shape index (κ2) is 9.07. The third-order valence-electron chi connectivity index (χ3n) is 5.89. The van der Waals surface area contributed by atoms with Crippen molar-refractivity contribution in [1.29, 1.82) is 0 Å². The third kappa shape index (κ3) is 5.02. The minimum atomic E-state index is -0.125. The Morgan fingerprint density at radius 1 is 1.04 bits per heavy atom. The van der Waals surface area contributed by atoms with Gasteiger partial charge in [-0.05, 0) is 50.3 Å². The average Bonchev–Trinajstić information content (AvgIpc) is 2.93. The summed E-state index contributed by atoms with van der Waals surface area (Å²) in [6.45, 7) is 8.93. The molecule has 2 heterocycles. The quantitative estimate of drug-likeness (QED) is 0.795. The molecule has 0 spiro atoms. The summed E-state index contributed by atoms with van der Waals surface area (Å²) in [5.41, 5.74) is 0.627. The zero-order valence-corrected chi connectivity index (χ0v) is 17.1. The van der Waals surface area contributed by atoms with E-state index in [0.717, 1.165) is 45.4 Å². The van der Waals surface area contributed by atoms with E-state index >= 15 is 0 Å². The fourth-order valence-electron chi connectivity index (χ4n) is 3.98. The number of hydrogen-bond donors (Lipinski definition) is 0. The molecule has 1 aromatic carbocycles. The first kappa shape index (κ1) is 20.2. The van der Waals surface area contributed by atoms with Gasteiger partial charge in [-0.25, -0.2) is 0 Å². The van der Waals surface area contributed by atoms with Gasteiger partial charge < -0.3 is 9.80 Å². The van der Waals surface area contributed by atoms with Gasteiger partial charge in [-0.1, -0.05) is 24.6 Å². The van der Waals surface area contributed by atoms with Crippen LogP contribution >= 0.6 is 11.6 Å². The second-order valence-electron chi connectivity index (χ2n) is 7.88. The molecule has 148 valence electrons. The molecule has 1 unspecified atom stereocenters. The van der Waals surface area contributed by atoms with Crippen LogP contribution in [0.4, 0.5) is 0 Å². The fourth-order valence-corrected chi connectivity index (χ4v) is 4.17. The van der Waals surface area contributed by atoms with Gasteiger partial charge in [0.15, 0.2) is 0 Å². The molecule has 27 heavy (non-hydrogen) atoms. The Bertz CT molecular complexity index is 673. The van der Waals surface area contributed by atoms with E-state index in [-0.39, 0.29) is 17.9 Å². The van der Waals surface area contributed by atoms with E-state index in [0.29, 0.717) is 29.6 Å². The SMILES string of the molecule is CC1CCN(C(=O)C(C)N2CCCN(C(=O)c3cccc(Cl)c3)CC2)CC1. The molecule has 0 aliphatic carbocycles. The lowest BCUT2D eigenvalue weighted by molar-refractivity contribution is -0.137. The van der Waals surface area contributed by atoms with Crippen molar-refractivity contribution in [2.45, 2.75) is 39.2 Å². The van der Waals surface area contributed by atoms with Gasteiger partial charge in [-0.2, -0.15) is 0 Å². The van der Waals surface area contributed by atoms with E-state index in [9.17, 15) is 9.59 Å². The molecule has 2 saturated heterocycles. The Morgan fingerprint density at radius 3 is 2.48 bits per heavy atom. The first-order valence-electron chi connectivity index (χ1n) is 10.0. The van der Waals surface area contributed by atoms with Crippen molar-refractivity contribution in [1.82, 2.24) is 14.7 Å². The number of carbonyl (C=O) groups excluding carboxylic acids is 2. The van der Waals surface area contributed by atoms with E-state index in [1.807, 2.05) is 16.7 Å². The second-order valence-corrected chi connectivity index (χ2v) is 8.31. The molecule has 1 atom stereocenters. The normalized spacial score (nSPS) is 21.0. The number of halogens is 1. The fraction of sp³-hybridized carbons (Fsp3) is 0.619. The molecule has 1 aromatic rings. The van der Waals surface area contributed by atoms with Crippen molar-refractivity contribution in [3.63, 3.8) is 0 Å². The predicted octanol–water partition coefficient (Wildman–Crippen LogP) is 3.13. The van der Waals surface area contributed by atoms with Crippen LogP contribution in [0.15, 0.2) is 24.3 Å². The van der Waals surface area contributed by atoms with Crippen molar-refractivity contribution in [2.24, 2.45) is 5.92 Å². The standard InChI is InChI=1S/C21H30ClN3O2/c1-16-7-11-25(12-8-16)20(26)17(2)23-9-4-10-24(14-13-23)21(27)18-5-3-6-19(22)15-18/h3,5-6,15-17H,4,7-14H2,1-2H3. The van der Waals surface area contributed by atoms with E-state index in [1.165, 1.54) is 0 Å². The maximum Gasteiger partial charge on any atom is 0.253 e. The topological polar surface area (TPSA) is 43.9 Å². The number of benzene rings is 1. The highest BCUT2D eigenvalue weighted by atomic mass is 35.5. The molecular weight excluding hydrogens is 362 g/mol. The number of hydrogen-bond acceptors (Lipinski definition) is 3. The summed E-state index contributed by atoms with van der Waals surface area (Å²) in [5, 5.41) is 0.576. The number of carbonyl (C=O) groups is 2. The molecule has 0 saturated carbocycles. The lowest BCUT2D eigenvalue weighted by Gasteiger charge is -2.35. The predicted molar refractivity (Wildman–Crippen MR) is 108 cm³/mol. The molecule has 3 rings (SSSR count). The highest BCUT2D eigenvalue weighted by Crippen LogP contribution is 2.19. The Labute approximate surface area is 167 Å². The zero-order chi connectivity index (χ0) is 19.4. The number of likely N-dealkylation sites (tertiary alicyclic amines) is 1. The Balaban J connectivity index is 1.57. The average molecular weight is 392 g/mol. The molecule has 2 aliphatic rings. The largest absolute Gasteiger partial charge is 0.341 e. The molecule has 0 radical (unpaired) electrons. The summed E-state index contributed by atoms with van der Waals surface area (Å²) in [5.74, 6) is 0.966. The van der Waals surface area contributed by atoms with Gasteiger partial charge in [0.1, 0.15) is 0 Å². The van der Waals surface area contributed by atoms with Crippen molar-refractivity contribution < 1.29 is 9.59 Å². The molecule has 6 heteroatoms. The van der Waals surface area contributed by atoms with Crippen LogP contribution in [0.2, 0.25) is 5.02 Å². The lowest BCUT2D eigenvalue weighted by atomic mass is 9.98. The molecule has 0 N–H and O–H groups in total. The minimum Gasteiger partial charge on any atom is -0.341 e. The third-order valence-corrected chi connectivity index (χ3v) is 6.12.